The van der Waals surface area contributed by atoms with Gasteiger partial charge >= 0.3 is 6.18 Å². The Bertz CT molecular complexity index is 563. The maximum atomic E-state index is 13.0. The number of hydrogen-bond acceptors (Lipinski definition) is 3. The van der Waals surface area contributed by atoms with Crippen LogP contribution >= 0.6 is 0 Å². The molecule has 0 aliphatic heterocycles. The predicted octanol–water partition coefficient (Wildman–Crippen LogP) is 3.16. The van der Waals surface area contributed by atoms with Crippen LogP contribution in [0.2, 0.25) is 0 Å². The number of nitrogens with one attached hydrogen (secondary N) is 1. The Hall–Kier alpha value is -1.79. The molecule has 1 aromatic carbocycles. The minimum Gasteiger partial charge on any atom is -0.467 e. The summed E-state index contributed by atoms with van der Waals surface area (Å²) in [4.78, 5) is 0. The molecule has 0 amide bonds. The molecule has 1 heterocycles. The Labute approximate surface area is 108 Å². The maximum Gasteiger partial charge on any atom is 0.416 e. The van der Waals surface area contributed by atoms with Crippen molar-refractivity contribution in [2.75, 3.05) is 0 Å². The van der Waals surface area contributed by atoms with Crippen molar-refractivity contribution in [3.05, 3.63) is 59.0 Å². The van der Waals surface area contributed by atoms with Crippen molar-refractivity contribution in [1.29, 1.82) is 0 Å². The van der Waals surface area contributed by atoms with Gasteiger partial charge in [0.2, 0.25) is 0 Å². The Morgan fingerprint density at radius 3 is 2.42 bits per heavy atom. The van der Waals surface area contributed by atoms with Crippen LogP contribution in [0.25, 0.3) is 0 Å². The number of nitrogens with two attached hydrogens (primary N) is 1. The second kappa shape index (κ2) is 5.07. The first-order chi connectivity index (χ1) is 8.95. The molecule has 0 aliphatic rings. The number of halogens is 3. The molecular weight excluding hydrogens is 257 g/mol. The summed E-state index contributed by atoms with van der Waals surface area (Å²) in [6.07, 6.45) is -3.02. The fourth-order valence-electron chi connectivity index (χ4n) is 1.99. The maximum absolute atomic E-state index is 13.0. The molecule has 1 atom stereocenters. The van der Waals surface area contributed by atoms with E-state index in [2.05, 4.69) is 5.43 Å². The van der Waals surface area contributed by atoms with Crippen LogP contribution in [-0.2, 0) is 6.18 Å². The van der Waals surface area contributed by atoms with Crippen LogP contribution in [0, 0.1) is 6.92 Å². The second-order valence-electron chi connectivity index (χ2n) is 4.15. The normalized spacial score (nSPS) is 13.5. The minimum absolute atomic E-state index is 0.0375. The SMILES string of the molecule is Cc1ccoc1C(NN)c1ccccc1C(F)(F)F. The highest BCUT2D eigenvalue weighted by atomic mass is 19.4. The van der Waals surface area contributed by atoms with Gasteiger partial charge in [0, 0.05) is 0 Å². The highest BCUT2D eigenvalue weighted by molar-refractivity contribution is 5.38. The summed E-state index contributed by atoms with van der Waals surface area (Å²) >= 11 is 0. The van der Waals surface area contributed by atoms with Crippen LogP contribution in [-0.4, -0.2) is 0 Å². The Morgan fingerprint density at radius 2 is 1.89 bits per heavy atom. The van der Waals surface area contributed by atoms with Crippen LogP contribution in [0.1, 0.15) is 28.5 Å². The standard InChI is InChI=1S/C13H13F3N2O/c1-8-6-7-19-12(8)11(18-17)9-4-2-3-5-10(9)13(14,15)16/h2-7,11,18H,17H2,1H3. The van der Waals surface area contributed by atoms with Crippen molar-refractivity contribution in [3.8, 4) is 0 Å². The molecule has 0 spiro atoms. The first-order valence-electron chi connectivity index (χ1n) is 5.61. The van der Waals surface area contributed by atoms with Crippen LogP contribution in [0.15, 0.2) is 41.0 Å². The highest BCUT2D eigenvalue weighted by Crippen LogP contribution is 2.36. The number of benzene rings is 1. The largest absolute Gasteiger partial charge is 0.467 e. The van der Waals surface area contributed by atoms with E-state index >= 15 is 0 Å². The number of hydrazine groups is 1. The molecule has 0 radical (unpaired) electrons. The lowest BCUT2D eigenvalue weighted by Gasteiger charge is -2.20. The van der Waals surface area contributed by atoms with Gasteiger partial charge in [-0.05, 0) is 30.2 Å². The van der Waals surface area contributed by atoms with Crippen molar-refractivity contribution >= 4 is 0 Å². The molecule has 6 heteroatoms. The van der Waals surface area contributed by atoms with Gasteiger partial charge in [-0.3, -0.25) is 5.84 Å². The fourth-order valence-corrected chi connectivity index (χ4v) is 1.99. The van der Waals surface area contributed by atoms with Crippen molar-refractivity contribution < 1.29 is 17.6 Å². The van der Waals surface area contributed by atoms with Crippen LogP contribution in [0.5, 0.6) is 0 Å². The smallest absolute Gasteiger partial charge is 0.416 e. The van der Waals surface area contributed by atoms with Gasteiger partial charge in [-0.1, -0.05) is 18.2 Å². The molecule has 19 heavy (non-hydrogen) atoms. The van der Waals surface area contributed by atoms with Gasteiger partial charge in [-0.2, -0.15) is 13.2 Å². The average molecular weight is 270 g/mol. The molecule has 1 unspecified atom stereocenters. The molecule has 3 N–H and O–H groups in total. The first kappa shape index (κ1) is 13.6. The average Bonchev–Trinajstić information content (AvgIpc) is 2.76. The molecule has 1 aromatic heterocycles. The molecule has 0 bridgehead atoms. The van der Waals surface area contributed by atoms with Crippen LogP contribution < -0.4 is 11.3 Å². The Morgan fingerprint density at radius 1 is 1.21 bits per heavy atom. The predicted molar refractivity (Wildman–Crippen MR) is 64.1 cm³/mol. The van der Waals surface area contributed by atoms with Crippen LogP contribution in [0.3, 0.4) is 0 Å². The van der Waals surface area contributed by atoms with Gasteiger partial charge in [0.1, 0.15) is 11.8 Å². The van der Waals surface area contributed by atoms with E-state index in [1.54, 1.807) is 13.0 Å². The van der Waals surface area contributed by atoms with E-state index in [4.69, 9.17) is 10.3 Å². The topological polar surface area (TPSA) is 51.2 Å². The monoisotopic (exact) mass is 270 g/mol. The summed E-state index contributed by atoms with van der Waals surface area (Å²) < 4.78 is 44.2. The van der Waals surface area contributed by atoms with Gasteiger partial charge in [0.15, 0.2) is 0 Å². The summed E-state index contributed by atoms with van der Waals surface area (Å²) in [6, 6.07) is 6.12. The highest BCUT2D eigenvalue weighted by Gasteiger charge is 2.36. The Kier molecular flexibility index (Phi) is 3.64. The lowest BCUT2D eigenvalue weighted by molar-refractivity contribution is -0.138. The lowest BCUT2D eigenvalue weighted by atomic mass is 9.97. The summed E-state index contributed by atoms with van der Waals surface area (Å²) in [5, 5.41) is 0. The van der Waals surface area contributed by atoms with E-state index in [1.807, 2.05) is 0 Å². The van der Waals surface area contributed by atoms with Gasteiger partial charge in [0.05, 0.1) is 11.8 Å². The lowest BCUT2D eigenvalue weighted by Crippen LogP contribution is -2.30. The summed E-state index contributed by atoms with van der Waals surface area (Å²) in [6.45, 7) is 1.75. The Balaban J connectivity index is 2.54. The number of rotatable bonds is 3. The third kappa shape index (κ3) is 2.64. The van der Waals surface area contributed by atoms with Gasteiger partial charge in [-0.25, -0.2) is 5.43 Å². The molecule has 2 aromatic rings. The van der Waals surface area contributed by atoms with Crippen LogP contribution in [0.4, 0.5) is 13.2 Å². The van der Waals surface area contributed by atoms with Crippen molar-refractivity contribution in [3.63, 3.8) is 0 Å². The van der Waals surface area contributed by atoms with E-state index in [-0.39, 0.29) is 5.56 Å². The van der Waals surface area contributed by atoms with E-state index in [1.165, 1.54) is 24.5 Å². The third-order valence-corrected chi connectivity index (χ3v) is 2.91. The van der Waals surface area contributed by atoms with E-state index in [0.29, 0.717) is 5.76 Å². The molecule has 0 fully saturated rings. The van der Waals surface area contributed by atoms with Crippen molar-refractivity contribution in [2.45, 2.75) is 19.1 Å². The molecule has 3 nitrogen and oxygen atoms in total. The number of hydrogen-bond donors (Lipinski definition) is 2. The number of alkyl halides is 3. The van der Waals surface area contributed by atoms with Crippen molar-refractivity contribution in [2.24, 2.45) is 5.84 Å². The molecule has 102 valence electrons. The van der Waals surface area contributed by atoms with Gasteiger partial charge < -0.3 is 4.42 Å². The fraction of sp³-hybridized carbons (Fsp3) is 0.231. The van der Waals surface area contributed by atoms with E-state index in [0.717, 1.165) is 11.6 Å². The summed E-state index contributed by atoms with van der Waals surface area (Å²) in [7, 11) is 0. The third-order valence-electron chi connectivity index (χ3n) is 2.91. The van der Waals surface area contributed by atoms with Crippen molar-refractivity contribution in [1.82, 2.24) is 5.43 Å². The number of aryl methyl sites for hydroxylation is 1. The van der Waals surface area contributed by atoms with Gasteiger partial charge in [0.25, 0.3) is 0 Å². The quantitative estimate of drug-likeness (QED) is 0.665. The zero-order valence-corrected chi connectivity index (χ0v) is 10.2. The van der Waals surface area contributed by atoms with Gasteiger partial charge in [-0.15, -0.1) is 0 Å². The molecular formula is C13H13F3N2O. The molecule has 2 rings (SSSR count). The van der Waals surface area contributed by atoms with E-state index < -0.39 is 17.8 Å². The molecule has 0 saturated carbocycles. The second-order valence-corrected chi connectivity index (χ2v) is 4.15. The molecule has 0 aliphatic carbocycles. The zero-order valence-electron chi connectivity index (χ0n) is 10.2. The van der Waals surface area contributed by atoms with E-state index in [9.17, 15) is 13.2 Å². The number of furan rings is 1. The summed E-state index contributed by atoms with van der Waals surface area (Å²) in [5.74, 6) is 5.77. The molecule has 0 saturated heterocycles. The minimum atomic E-state index is -4.44. The summed E-state index contributed by atoms with van der Waals surface area (Å²) in [5.41, 5.74) is 2.43. The zero-order chi connectivity index (χ0) is 14.0. The first-order valence-corrected chi connectivity index (χ1v) is 5.61.